The number of benzene rings is 1. The van der Waals surface area contributed by atoms with Crippen LogP contribution in [0.1, 0.15) is 80.2 Å². The fraction of sp³-hybridized carbons (Fsp3) is 0.775. The van der Waals surface area contributed by atoms with Gasteiger partial charge in [0.15, 0.2) is 6.29 Å². The van der Waals surface area contributed by atoms with E-state index in [4.69, 9.17) is 35.3 Å². The van der Waals surface area contributed by atoms with Gasteiger partial charge in [-0.05, 0) is 79.1 Å². The van der Waals surface area contributed by atoms with E-state index in [2.05, 4.69) is 5.32 Å². The average Bonchev–Trinajstić information content (AvgIpc) is 3.12. The van der Waals surface area contributed by atoms with Crippen LogP contribution in [0, 0.1) is 23.7 Å². The van der Waals surface area contributed by atoms with Gasteiger partial charge in [-0.25, -0.2) is 0 Å². The van der Waals surface area contributed by atoms with Crippen LogP contribution in [0.3, 0.4) is 0 Å². The molecule has 4 N–H and O–H groups in total. The topological polar surface area (TPSA) is 173 Å². The van der Waals surface area contributed by atoms with E-state index in [9.17, 15) is 29.7 Å². The minimum Gasteiger partial charge on any atom is -0.459 e. The Morgan fingerprint density at radius 2 is 1.72 bits per heavy atom. The number of Topliss-reactive ketones (excluding diaryl/α,β-unsaturated/α-hetero) is 1. The highest BCUT2D eigenvalue weighted by atomic mass is 35.5. The Morgan fingerprint density at radius 1 is 1.07 bits per heavy atom. The second-order valence-corrected chi connectivity index (χ2v) is 16.5. The molecule has 3 rings (SSSR count). The number of likely N-dealkylation sites (N-methyl/N-ethyl adjacent to an activating group) is 1. The molecular formula is C40H65ClN2O11. The van der Waals surface area contributed by atoms with E-state index in [1.54, 1.807) is 47.6 Å². The first kappa shape index (κ1) is 46.2. The van der Waals surface area contributed by atoms with Crippen LogP contribution >= 0.6 is 11.6 Å². The molecule has 1 aromatic rings. The molecule has 14 atom stereocenters. The van der Waals surface area contributed by atoms with Gasteiger partial charge >= 0.3 is 5.97 Å². The smallest absolute Gasteiger partial charge is 0.311 e. The molecule has 1 amide bonds. The number of rotatable bonds is 11. The third kappa shape index (κ3) is 11.0. The summed E-state index contributed by atoms with van der Waals surface area (Å²) >= 11 is 6.29. The van der Waals surface area contributed by atoms with Crippen molar-refractivity contribution in [3.05, 3.63) is 34.9 Å². The molecular weight excluding hydrogens is 720 g/mol. The van der Waals surface area contributed by atoms with Crippen molar-refractivity contribution in [2.75, 3.05) is 34.4 Å². The second-order valence-electron chi connectivity index (χ2n) is 16.1. The SMILES string of the molecule is CC[C@H]1OC(=O)[C@H](C)[C@@H](OCC(=O)NCCc2ccccc2Cl)[C@H](C)[C@@H](O[C@@H]2O[C@H](C)C[C@H](N(C)C)[C@H]2O)[C@@](C)(OC)C[C@@H](C)C(=O)[C@H](C)[C@@H](O)[C@]1(C)O. The van der Waals surface area contributed by atoms with Gasteiger partial charge in [-0.1, -0.05) is 57.5 Å². The molecule has 0 saturated carbocycles. The van der Waals surface area contributed by atoms with E-state index in [1.165, 1.54) is 14.0 Å². The number of esters is 1. The molecule has 0 unspecified atom stereocenters. The number of nitrogens with one attached hydrogen (secondary N) is 1. The van der Waals surface area contributed by atoms with E-state index in [0.29, 0.717) is 24.4 Å². The maximum atomic E-state index is 14.0. The minimum absolute atomic E-state index is 0.0945. The Balaban J connectivity index is 2.07. The second kappa shape index (κ2) is 19.8. The van der Waals surface area contributed by atoms with Crippen LogP contribution in [0.4, 0.5) is 0 Å². The number of cyclic esters (lactones) is 1. The highest BCUT2D eigenvalue weighted by molar-refractivity contribution is 6.31. The molecule has 2 saturated heterocycles. The van der Waals surface area contributed by atoms with Gasteiger partial charge in [0.25, 0.3) is 0 Å². The Morgan fingerprint density at radius 3 is 2.31 bits per heavy atom. The first-order valence-electron chi connectivity index (χ1n) is 19.2. The van der Waals surface area contributed by atoms with E-state index in [-0.39, 0.29) is 30.8 Å². The normalized spacial score (nSPS) is 38.8. The maximum Gasteiger partial charge on any atom is 0.311 e. The average molecular weight is 785 g/mol. The number of carbonyl (C=O) groups is 3. The number of amides is 1. The molecule has 2 aliphatic rings. The van der Waals surface area contributed by atoms with Crippen LogP contribution in [0.2, 0.25) is 5.02 Å². The number of ether oxygens (including phenoxy) is 5. The number of hydrogen-bond donors (Lipinski definition) is 4. The number of aliphatic hydroxyl groups excluding tert-OH is 2. The van der Waals surface area contributed by atoms with Crippen LogP contribution in [-0.2, 0) is 44.5 Å². The van der Waals surface area contributed by atoms with E-state index in [0.717, 1.165) is 5.56 Å². The molecule has 0 aromatic heterocycles. The van der Waals surface area contributed by atoms with Crippen molar-refractivity contribution in [3.8, 4) is 0 Å². The lowest BCUT2D eigenvalue weighted by molar-refractivity contribution is -0.302. The zero-order chi connectivity index (χ0) is 40.7. The molecule has 1 aromatic carbocycles. The first-order valence-corrected chi connectivity index (χ1v) is 19.5. The molecule has 0 radical (unpaired) electrons. The predicted molar refractivity (Wildman–Crippen MR) is 204 cm³/mol. The lowest BCUT2D eigenvalue weighted by atomic mass is 9.74. The summed E-state index contributed by atoms with van der Waals surface area (Å²) in [5.74, 6) is -5.02. The third-order valence-electron chi connectivity index (χ3n) is 11.6. The number of hydrogen-bond acceptors (Lipinski definition) is 12. The van der Waals surface area contributed by atoms with Gasteiger partial charge < -0.3 is 49.2 Å². The van der Waals surface area contributed by atoms with Crippen LogP contribution < -0.4 is 5.32 Å². The number of methoxy groups -OCH3 is 1. The summed E-state index contributed by atoms with van der Waals surface area (Å²) in [6.45, 7) is 13.3. The van der Waals surface area contributed by atoms with Crippen molar-refractivity contribution >= 4 is 29.3 Å². The van der Waals surface area contributed by atoms with Crippen molar-refractivity contribution in [3.63, 3.8) is 0 Å². The van der Waals surface area contributed by atoms with Gasteiger partial charge in [0.2, 0.25) is 5.91 Å². The standard InChI is InChI=1S/C40H65ClN2O11/c1-12-30-40(8,49)35(47)24(4)32(45)22(2)20-39(7,50-11)36(54-38-33(46)29(43(9)10)19-23(3)52-38)25(5)34(26(6)37(48)53-30)51-21-31(44)42-18-17-27-15-13-14-16-28(27)41/h13-16,22-26,29-30,33-36,38,46-47,49H,12,17-21H2,1-11H3,(H,42,44)/t22-,23-,24+,25+,26-,29+,30-,33-,34+,35-,36-,38+,39+,40-/m1/s1. The largest absolute Gasteiger partial charge is 0.459 e. The molecule has 308 valence electrons. The Bertz CT molecular complexity index is 1400. The molecule has 54 heavy (non-hydrogen) atoms. The predicted octanol–water partition coefficient (Wildman–Crippen LogP) is 3.55. The van der Waals surface area contributed by atoms with Gasteiger partial charge in [0.1, 0.15) is 30.2 Å². The molecule has 2 aliphatic heterocycles. The highest BCUT2D eigenvalue weighted by Crippen LogP contribution is 2.40. The Kier molecular flexibility index (Phi) is 16.9. The van der Waals surface area contributed by atoms with Crippen molar-refractivity contribution in [2.45, 2.75) is 141 Å². The fourth-order valence-electron chi connectivity index (χ4n) is 8.13. The van der Waals surface area contributed by atoms with E-state index in [1.807, 2.05) is 44.1 Å². The molecule has 0 aliphatic carbocycles. The molecule has 0 bridgehead atoms. The Hall–Kier alpha value is -2.20. The number of aliphatic hydroxyl groups is 3. The van der Waals surface area contributed by atoms with Crippen LogP contribution in [0.5, 0.6) is 0 Å². The molecule has 2 fully saturated rings. The Labute approximate surface area is 326 Å². The quantitative estimate of drug-likeness (QED) is 0.241. The van der Waals surface area contributed by atoms with Crippen molar-refractivity contribution < 1.29 is 53.4 Å². The van der Waals surface area contributed by atoms with Crippen LogP contribution in [0.25, 0.3) is 0 Å². The summed E-state index contributed by atoms with van der Waals surface area (Å²) in [4.78, 5) is 43.1. The van der Waals surface area contributed by atoms with Crippen LogP contribution in [-0.4, -0.2) is 132 Å². The summed E-state index contributed by atoms with van der Waals surface area (Å²) in [5, 5.41) is 38.0. The minimum atomic E-state index is -1.98. The fourth-order valence-corrected chi connectivity index (χ4v) is 8.36. The first-order chi connectivity index (χ1) is 25.2. The van der Waals surface area contributed by atoms with Gasteiger partial charge in [-0.2, -0.15) is 0 Å². The summed E-state index contributed by atoms with van der Waals surface area (Å²) in [7, 11) is 5.22. The van der Waals surface area contributed by atoms with Crippen LogP contribution in [0.15, 0.2) is 24.3 Å². The summed E-state index contributed by atoms with van der Waals surface area (Å²) in [6, 6.07) is 7.07. The van der Waals surface area contributed by atoms with Crippen molar-refractivity contribution in [1.29, 1.82) is 0 Å². The monoisotopic (exact) mass is 784 g/mol. The number of carbonyl (C=O) groups excluding carboxylic acids is 3. The van der Waals surface area contributed by atoms with Gasteiger partial charge in [0, 0.05) is 42.5 Å². The molecule has 13 nitrogen and oxygen atoms in total. The molecule has 2 heterocycles. The van der Waals surface area contributed by atoms with E-state index < -0.39 is 90.2 Å². The number of halogens is 1. The van der Waals surface area contributed by atoms with Crippen molar-refractivity contribution in [2.24, 2.45) is 23.7 Å². The lowest BCUT2D eigenvalue weighted by Crippen LogP contribution is -2.60. The van der Waals surface area contributed by atoms with Gasteiger partial charge in [-0.3, -0.25) is 14.4 Å². The maximum absolute atomic E-state index is 14.0. The molecule has 14 heteroatoms. The summed E-state index contributed by atoms with van der Waals surface area (Å²) in [5.41, 5.74) is -2.36. The molecule has 0 spiro atoms. The summed E-state index contributed by atoms with van der Waals surface area (Å²) in [6.07, 6.45) is -5.94. The highest BCUT2D eigenvalue weighted by Gasteiger charge is 2.52. The van der Waals surface area contributed by atoms with Gasteiger partial charge in [-0.15, -0.1) is 0 Å². The lowest BCUT2D eigenvalue weighted by Gasteiger charge is -2.48. The summed E-state index contributed by atoms with van der Waals surface area (Å²) < 4.78 is 31.4. The number of ketones is 1. The zero-order valence-corrected chi connectivity index (χ0v) is 34.7. The number of nitrogens with zero attached hydrogens (tertiary/aromatic N) is 1. The van der Waals surface area contributed by atoms with E-state index >= 15 is 0 Å². The van der Waals surface area contributed by atoms with Gasteiger partial charge in [0.05, 0.1) is 35.9 Å². The third-order valence-corrected chi connectivity index (χ3v) is 11.9. The zero-order valence-electron chi connectivity index (χ0n) is 33.9. The van der Waals surface area contributed by atoms with Crippen molar-refractivity contribution in [1.82, 2.24) is 10.2 Å².